The second kappa shape index (κ2) is 8.47. The molecular formula is C18H25N5O. The number of likely N-dealkylation sites (tertiary alicyclic amines) is 1. The quantitative estimate of drug-likeness (QED) is 0.828. The molecule has 1 aliphatic heterocycles. The van der Waals surface area contributed by atoms with Crippen molar-refractivity contribution in [3.8, 4) is 0 Å². The van der Waals surface area contributed by atoms with Gasteiger partial charge < -0.3 is 14.8 Å². The minimum atomic E-state index is 0.0614. The summed E-state index contributed by atoms with van der Waals surface area (Å²) in [6.45, 7) is 3.30. The summed E-state index contributed by atoms with van der Waals surface area (Å²) in [5.41, 5.74) is 1.07. The van der Waals surface area contributed by atoms with Gasteiger partial charge in [0.2, 0.25) is 0 Å². The third kappa shape index (κ3) is 4.81. The Bertz CT molecular complexity index is 614. The number of carbonyl (C=O) groups is 1. The van der Waals surface area contributed by atoms with Gasteiger partial charge >= 0.3 is 6.03 Å². The number of imidazole rings is 1. The maximum atomic E-state index is 12.3. The normalized spacial score (nSPS) is 17.7. The molecule has 1 atom stereocenters. The molecule has 1 saturated heterocycles. The Kier molecular flexibility index (Phi) is 5.82. The average Bonchev–Trinajstić information content (AvgIpc) is 3.13. The van der Waals surface area contributed by atoms with Crippen molar-refractivity contribution < 1.29 is 4.79 Å². The number of nitrogens with zero attached hydrogens (tertiary/aromatic N) is 4. The van der Waals surface area contributed by atoms with Crippen LogP contribution in [0, 0.1) is 5.92 Å². The van der Waals surface area contributed by atoms with Crippen LogP contribution in [0.3, 0.4) is 0 Å². The monoisotopic (exact) mass is 327 g/mol. The van der Waals surface area contributed by atoms with Crippen molar-refractivity contribution in [2.45, 2.75) is 32.2 Å². The molecule has 1 fully saturated rings. The molecular weight excluding hydrogens is 302 g/mol. The SMILES string of the molecule is O=C(NCCCc1ccccn1)N1CCC[C@@H](Cn2ccnc2)C1. The maximum absolute atomic E-state index is 12.3. The van der Waals surface area contributed by atoms with Crippen molar-refractivity contribution in [2.75, 3.05) is 19.6 Å². The van der Waals surface area contributed by atoms with Gasteiger partial charge in [-0.2, -0.15) is 0 Å². The van der Waals surface area contributed by atoms with E-state index in [0.29, 0.717) is 12.5 Å². The summed E-state index contributed by atoms with van der Waals surface area (Å²) in [6, 6.07) is 6.00. The van der Waals surface area contributed by atoms with Crippen LogP contribution in [-0.2, 0) is 13.0 Å². The van der Waals surface area contributed by atoms with Gasteiger partial charge in [-0.3, -0.25) is 4.98 Å². The van der Waals surface area contributed by atoms with Crippen LogP contribution in [0.25, 0.3) is 0 Å². The van der Waals surface area contributed by atoms with E-state index in [1.807, 2.05) is 41.8 Å². The summed E-state index contributed by atoms with van der Waals surface area (Å²) in [4.78, 5) is 22.7. The van der Waals surface area contributed by atoms with Crippen molar-refractivity contribution >= 4 is 6.03 Å². The van der Waals surface area contributed by atoms with Crippen LogP contribution >= 0.6 is 0 Å². The fourth-order valence-corrected chi connectivity index (χ4v) is 3.21. The zero-order valence-corrected chi connectivity index (χ0v) is 14.0. The Morgan fingerprint density at radius 3 is 3.08 bits per heavy atom. The smallest absolute Gasteiger partial charge is 0.317 e. The van der Waals surface area contributed by atoms with E-state index in [0.717, 1.165) is 44.6 Å². The molecule has 0 unspecified atom stereocenters. The van der Waals surface area contributed by atoms with Gasteiger partial charge in [0, 0.05) is 50.5 Å². The molecule has 0 saturated carbocycles. The fourth-order valence-electron chi connectivity index (χ4n) is 3.21. The Morgan fingerprint density at radius 2 is 2.29 bits per heavy atom. The van der Waals surface area contributed by atoms with Gasteiger partial charge in [-0.25, -0.2) is 9.78 Å². The van der Waals surface area contributed by atoms with E-state index >= 15 is 0 Å². The van der Waals surface area contributed by atoms with Crippen molar-refractivity contribution in [1.29, 1.82) is 0 Å². The summed E-state index contributed by atoms with van der Waals surface area (Å²) in [7, 11) is 0. The molecule has 1 aliphatic rings. The van der Waals surface area contributed by atoms with Crippen LogP contribution in [-0.4, -0.2) is 45.1 Å². The molecule has 0 aromatic carbocycles. The number of amides is 2. The number of aromatic nitrogens is 3. The van der Waals surface area contributed by atoms with Gasteiger partial charge in [0.1, 0.15) is 0 Å². The van der Waals surface area contributed by atoms with Gasteiger partial charge in [0.25, 0.3) is 0 Å². The van der Waals surface area contributed by atoms with Crippen LogP contribution in [0.4, 0.5) is 4.79 Å². The third-order valence-electron chi connectivity index (χ3n) is 4.45. The van der Waals surface area contributed by atoms with E-state index in [2.05, 4.69) is 19.9 Å². The van der Waals surface area contributed by atoms with Crippen molar-refractivity contribution in [1.82, 2.24) is 24.8 Å². The van der Waals surface area contributed by atoms with Gasteiger partial charge in [0.15, 0.2) is 0 Å². The lowest BCUT2D eigenvalue weighted by molar-refractivity contribution is 0.159. The summed E-state index contributed by atoms with van der Waals surface area (Å²) < 4.78 is 2.10. The molecule has 6 nitrogen and oxygen atoms in total. The van der Waals surface area contributed by atoms with Crippen molar-refractivity contribution in [3.63, 3.8) is 0 Å². The van der Waals surface area contributed by atoms with Crippen molar-refractivity contribution in [3.05, 3.63) is 48.8 Å². The second-order valence-electron chi connectivity index (χ2n) is 6.37. The standard InChI is InChI=1S/C18H25N5O/c24-18(21-9-3-7-17-6-1-2-8-20-17)23-11-4-5-16(14-23)13-22-12-10-19-15-22/h1-2,6,8,10,12,15-16H,3-5,7,9,11,13-14H2,(H,21,24)/t16-/m0/s1. The van der Waals surface area contributed by atoms with E-state index in [4.69, 9.17) is 0 Å². The molecule has 0 bridgehead atoms. The lowest BCUT2D eigenvalue weighted by atomic mass is 9.98. The first-order chi connectivity index (χ1) is 11.8. The number of hydrogen-bond acceptors (Lipinski definition) is 3. The minimum Gasteiger partial charge on any atom is -0.338 e. The lowest BCUT2D eigenvalue weighted by Crippen LogP contribution is -2.46. The number of nitrogens with one attached hydrogen (secondary N) is 1. The zero-order chi connectivity index (χ0) is 16.6. The van der Waals surface area contributed by atoms with E-state index in [1.165, 1.54) is 6.42 Å². The van der Waals surface area contributed by atoms with E-state index in [1.54, 1.807) is 6.20 Å². The molecule has 2 aromatic rings. The molecule has 0 aliphatic carbocycles. The van der Waals surface area contributed by atoms with Gasteiger partial charge in [0.05, 0.1) is 6.33 Å². The maximum Gasteiger partial charge on any atom is 0.317 e. The Morgan fingerprint density at radius 1 is 1.33 bits per heavy atom. The van der Waals surface area contributed by atoms with Gasteiger partial charge in [-0.1, -0.05) is 6.07 Å². The first kappa shape index (κ1) is 16.5. The molecule has 3 rings (SSSR count). The Hall–Kier alpha value is -2.37. The zero-order valence-electron chi connectivity index (χ0n) is 14.0. The highest BCUT2D eigenvalue weighted by molar-refractivity contribution is 5.74. The van der Waals surface area contributed by atoms with Crippen molar-refractivity contribution in [2.24, 2.45) is 5.92 Å². The summed E-state index contributed by atoms with van der Waals surface area (Å²) in [5.74, 6) is 0.507. The molecule has 6 heteroatoms. The number of rotatable bonds is 6. The molecule has 0 radical (unpaired) electrons. The first-order valence-electron chi connectivity index (χ1n) is 8.69. The number of aryl methyl sites for hydroxylation is 1. The highest BCUT2D eigenvalue weighted by Gasteiger charge is 2.23. The summed E-state index contributed by atoms with van der Waals surface area (Å²) >= 11 is 0. The minimum absolute atomic E-state index is 0.0614. The predicted octanol–water partition coefficient (Wildman–Crippen LogP) is 2.33. The summed E-state index contributed by atoms with van der Waals surface area (Å²) in [5, 5.41) is 3.04. The Labute approximate surface area is 142 Å². The number of carbonyl (C=O) groups excluding carboxylic acids is 1. The van der Waals surface area contributed by atoms with Crippen LogP contribution in [0.2, 0.25) is 0 Å². The number of hydrogen-bond donors (Lipinski definition) is 1. The first-order valence-corrected chi connectivity index (χ1v) is 8.69. The number of urea groups is 1. The highest BCUT2D eigenvalue weighted by Crippen LogP contribution is 2.18. The topological polar surface area (TPSA) is 63.1 Å². The van der Waals surface area contributed by atoms with Crippen LogP contribution in [0.15, 0.2) is 43.1 Å². The molecule has 0 spiro atoms. The van der Waals surface area contributed by atoms with E-state index in [-0.39, 0.29) is 6.03 Å². The number of piperidine rings is 1. The van der Waals surface area contributed by atoms with Gasteiger partial charge in [-0.05, 0) is 43.7 Å². The second-order valence-corrected chi connectivity index (χ2v) is 6.37. The lowest BCUT2D eigenvalue weighted by Gasteiger charge is -2.33. The predicted molar refractivity (Wildman–Crippen MR) is 92.5 cm³/mol. The molecule has 2 amide bonds. The fraction of sp³-hybridized carbons (Fsp3) is 0.500. The van der Waals surface area contributed by atoms with Crippen LogP contribution in [0.5, 0.6) is 0 Å². The largest absolute Gasteiger partial charge is 0.338 e. The highest BCUT2D eigenvalue weighted by atomic mass is 16.2. The molecule has 1 N–H and O–H groups in total. The third-order valence-corrected chi connectivity index (χ3v) is 4.45. The average molecular weight is 327 g/mol. The van der Waals surface area contributed by atoms with Crippen LogP contribution < -0.4 is 5.32 Å². The molecule has 24 heavy (non-hydrogen) atoms. The summed E-state index contributed by atoms with van der Waals surface area (Å²) in [6.07, 6.45) is 11.5. The molecule has 3 heterocycles. The van der Waals surface area contributed by atoms with Gasteiger partial charge in [-0.15, -0.1) is 0 Å². The van der Waals surface area contributed by atoms with E-state index in [9.17, 15) is 4.79 Å². The molecule has 2 aromatic heterocycles. The van der Waals surface area contributed by atoms with Crippen LogP contribution in [0.1, 0.15) is 25.0 Å². The number of pyridine rings is 1. The van der Waals surface area contributed by atoms with E-state index < -0.39 is 0 Å². The molecule has 128 valence electrons. The Balaban J connectivity index is 1.38.